The highest BCUT2D eigenvalue weighted by Gasteiger charge is 2.30. The molecule has 5 N–H and O–H groups in total. The lowest BCUT2D eigenvalue weighted by atomic mass is 10.0. The topological polar surface area (TPSA) is 145 Å². The average molecular weight is 325 g/mol. The monoisotopic (exact) mass is 325 g/mol. The normalized spacial score (nSPS) is 12.2. The van der Waals surface area contributed by atoms with Gasteiger partial charge in [-0.3, -0.25) is 14.2 Å². The fourth-order valence-corrected chi connectivity index (χ4v) is 2.12. The van der Waals surface area contributed by atoms with Gasteiger partial charge in [-0.2, -0.15) is 4.98 Å². The number of nitrogen functional groups attached to an aromatic ring is 1. The van der Waals surface area contributed by atoms with Crippen LogP contribution < -0.4 is 17.2 Å². The lowest BCUT2D eigenvalue weighted by Crippen LogP contribution is -2.52. The van der Waals surface area contributed by atoms with Crippen molar-refractivity contribution >= 4 is 17.5 Å². The summed E-state index contributed by atoms with van der Waals surface area (Å²) in [5.74, 6) is -1.06. The number of amides is 1. The largest absolute Gasteiger partial charge is 0.394 e. The molecule has 9 heteroatoms. The Balaban J connectivity index is 3.01. The molecule has 0 aliphatic carbocycles. The van der Waals surface area contributed by atoms with Gasteiger partial charge in [-0.1, -0.05) is 13.8 Å². The minimum absolute atomic E-state index is 0.0562. The van der Waals surface area contributed by atoms with Crippen molar-refractivity contribution in [2.24, 2.45) is 11.7 Å². The highest BCUT2D eigenvalue weighted by atomic mass is 16.3. The van der Waals surface area contributed by atoms with Gasteiger partial charge in [0.2, 0.25) is 5.91 Å². The summed E-state index contributed by atoms with van der Waals surface area (Å²) in [6, 6.07) is 0.411. The maximum absolute atomic E-state index is 12.5. The molecule has 0 aliphatic rings. The van der Waals surface area contributed by atoms with Crippen LogP contribution in [0.2, 0.25) is 0 Å². The number of hydrogen-bond acceptors (Lipinski definition) is 7. The Bertz CT molecular complexity index is 613. The Morgan fingerprint density at radius 3 is 2.57 bits per heavy atom. The number of carbonyl (C=O) groups excluding carboxylic acids is 2. The van der Waals surface area contributed by atoms with Crippen molar-refractivity contribution in [2.75, 3.05) is 25.4 Å². The van der Waals surface area contributed by atoms with Crippen molar-refractivity contribution in [1.82, 2.24) is 14.5 Å². The molecular formula is C14H23N5O4. The Labute approximate surface area is 133 Å². The van der Waals surface area contributed by atoms with E-state index in [9.17, 15) is 19.5 Å². The van der Waals surface area contributed by atoms with Crippen LogP contribution in [-0.4, -0.2) is 57.0 Å². The second kappa shape index (κ2) is 8.39. The number of carbonyl (C=O) groups is 2. The van der Waals surface area contributed by atoms with Gasteiger partial charge in [0.25, 0.3) is 0 Å². The van der Waals surface area contributed by atoms with Crippen molar-refractivity contribution < 1.29 is 14.7 Å². The van der Waals surface area contributed by atoms with E-state index >= 15 is 0 Å². The molecule has 0 saturated heterocycles. The van der Waals surface area contributed by atoms with Crippen LogP contribution in [0.5, 0.6) is 0 Å². The Kier molecular flexibility index (Phi) is 6.86. The van der Waals surface area contributed by atoms with Crippen molar-refractivity contribution in [3.05, 3.63) is 22.7 Å². The summed E-state index contributed by atoms with van der Waals surface area (Å²) < 4.78 is 1.08. The molecule has 23 heavy (non-hydrogen) atoms. The smallest absolute Gasteiger partial charge is 0.349 e. The van der Waals surface area contributed by atoms with Crippen LogP contribution >= 0.6 is 0 Å². The van der Waals surface area contributed by atoms with Gasteiger partial charge < -0.3 is 21.5 Å². The SMILES string of the molecule is CC(C)C(=O)C(CO)N(CCN)C(=O)Cn1ccc(N)nc1=O. The number of anilines is 1. The van der Waals surface area contributed by atoms with E-state index in [1.165, 1.54) is 17.2 Å². The first-order valence-corrected chi connectivity index (χ1v) is 7.28. The number of Topliss-reactive ketones (excluding diaryl/α,β-unsaturated/α-hetero) is 1. The molecule has 0 radical (unpaired) electrons. The molecule has 1 atom stereocenters. The van der Waals surface area contributed by atoms with Gasteiger partial charge in [0.15, 0.2) is 5.78 Å². The molecule has 0 aliphatic heterocycles. The van der Waals surface area contributed by atoms with E-state index < -0.39 is 24.2 Å². The molecule has 0 aromatic carbocycles. The highest BCUT2D eigenvalue weighted by Crippen LogP contribution is 2.08. The van der Waals surface area contributed by atoms with Gasteiger partial charge in [0.1, 0.15) is 18.4 Å². The standard InChI is InChI=1S/C14H23N5O4/c1-9(2)13(22)10(8-20)19(6-4-15)12(21)7-18-5-3-11(16)17-14(18)23/h3,5,9-10,20H,4,6-8,15H2,1-2H3,(H2,16,17,23). The number of aliphatic hydroxyl groups is 1. The number of rotatable bonds is 8. The first-order valence-electron chi connectivity index (χ1n) is 7.28. The molecule has 0 saturated carbocycles. The first-order chi connectivity index (χ1) is 10.8. The van der Waals surface area contributed by atoms with Crippen molar-refractivity contribution in [3.8, 4) is 0 Å². The molecule has 1 aromatic heterocycles. The number of aliphatic hydroxyl groups excluding tert-OH is 1. The minimum atomic E-state index is -0.983. The van der Waals surface area contributed by atoms with Gasteiger partial charge in [0, 0.05) is 25.2 Å². The van der Waals surface area contributed by atoms with E-state index in [-0.39, 0.29) is 37.2 Å². The third kappa shape index (κ3) is 4.86. The van der Waals surface area contributed by atoms with Crippen LogP contribution in [0.1, 0.15) is 13.8 Å². The van der Waals surface area contributed by atoms with E-state index in [0.29, 0.717) is 0 Å². The van der Waals surface area contributed by atoms with Crippen LogP contribution in [0.4, 0.5) is 5.82 Å². The number of nitrogens with zero attached hydrogens (tertiary/aromatic N) is 3. The van der Waals surface area contributed by atoms with Crippen molar-refractivity contribution in [2.45, 2.75) is 26.4 Å². The van der Waals surface area contributed by atoms with E-state index in [2.05, 4.69) is 4.98 Å². The molecule has 1 amide bonds. The average Bonchev–Trinajstić information content (AvgIpc) is 2.49. The van der Waals surface area contributed by atoms with Crippen molar-refractivity contribution in [3.63, 3.8) is 0 Å². The maximum atomic E-state index is 12.5. The van der Waals surface area contributed by atoms with Crippen LogP contribution in [0, 0.1) is 5.92 Å². The third-order valence-corrected chi connectivity index (χ3v) is 3.34. The Hall–Kier alpha value is -2.26. The number of aromatic nitrogens is 2. The second-order valence-electron chi connectivity index (χ2n) is 5.39. The second-order valence-corrected chi connectivity index (χ2v) is 5.39. The van der Waals surface area contributed by atoms with Crippen molar-refractivity contribution in [1.29, 1.82) is 0 Å². The maximum Gasteiger partial charge on any atom is 0.349 e. The molecule has 0 spiro atoms. The predicted molar refractivity (Wildman–Crippen MR) is 84.4 cm³/mol. The Morgan fingerprint density at radius 1 is 1.43 bits per heavy atom. The lowest BCUT2D eigenvalue weighted by molar-refractivity contribution is -0.142. The summed E-state index contributed by atoms with van der Waals surface area (Å²) in [5.41, 5.74) is 10.2. The van der Waals surface area contributed by atoms with Crippen LogP contribution in [0.15, 0.2) is 17.1 Å². The van der Waals surface area contributed by atoms with E-state index in [4.69, 9.17) is 11.5 Å². The quantitative estimate of drug-likeness (QED) is 0.511. The minimum Gasteiger partial charge on any atom is -0.394 e. The summed E-state index contributed by atoms with van der Waals surface area (Å²) >= 11 is 0. The van der Waals surface area contributed by atoms with E-state index in [1.54, 1.807) is 13.8 Å². The summed E-state index contributed by atoms with van der Waals surface area (Å²) in [6.07, 6.45) is 1.35. The molecule has 9 nitrogen and oxygen atoms in total. The van der Waals surface area contributed by atoms with Gasteiger partial charge in [0.05, 0.1) is 6.61 Å². The summed E-state index contributed by atoms with van der Waals surface area (Å²) in [4.78, 5) is 41.1. The molecule has 0 fully saturated rings. The number of hydrogen-bond donors (Lipinski definition) is 3. The number of ketones is 1. The van der Waals surface area contributed by atoms with Gasteiger partial charge in [-0.25, -0.2) is 4.79 Å². The summed E-state index contributed by atoms with van der Waals surface area (Å²) in [7, 11) is 0. The molecule has 1 aromatic rings. The molecule has 0 bridgehead atoms. The van der Waals surface area contributed by atoms with Gasteiger partial charge >= 0.3 is 5.69 Å². The van der Waals surface area contributed by atoms with Crippen LogP contribution in [-0.2, 0) is 16.1 Å². The van der Waals surface area contributed by atoms with Gasteiger partial charge in [-0.15, -0.1) is 0 Å². The van der Waals surface area contributed by atoms with Gasteiger partial charge in [-0.05, 0) is 6.07 Å². The fourth-order valence-electron chi connectivity index (χ4n) is 2.12. The predicted octanol–water partition coefficient (Wildman–Crippen LogP) is -1.80. The molecule has 1 rings (SSSR count). The van der Waals surface area contributed by atoms with E-state index in [0.717, 1.165) is 4.57 Å². The summed E-state index contributed by atoms with van der Waals surface area (Å²) in [5, 5.41) is 9.50. The molecule has 1 heterocycles. The number of nitrogens with two attached hydrogens (primary N) is 2. The Morgan fingerprint density at radius 2 is 2.09 bits per heavy atom. The molecular weight excluding hydrogens is 302 g/mol. The van der Waals surface area contributed by atoms with E-state index in [1.807, 2.05) is 0 Å². The molecule has 128 valence electrons. The first kappa shape index (κ1) is 18.8. The third-order valence-electron chi connectivity index (χ3n) is 3.34. The zero-order valence-electron chi connectivity index (χ0n) is 13.3. The zero-order chi connectivity index (χ0) is 17.6. The lowest BCUT2D eigenvalue weighted by Gasteiger charge is -2.30. The summed E-state index contributed by atoms with van der Waals surface area (Å²) in [6.45, 7) is 2.78. The fraction of sp³-hybridized carbons (Fsp3) is 0.571. The van der Waals surface area contributed by atoms with Crippen LogP contribution in [0.25, 0.3) is 0 Å². The van der Waals surface area contributed by atoms with Crippen LogP contribution in [0.3, 0.4) is 0 Å². The zero-order valence-corrected chi connectivity index (χ0v) is 13.3. The highest BCUT2D eigenvalue weighted by molar-refractivity contribution is 5.90. The molecule has 1 unspecified atom stereocenters.